The highest BCUT2D eigenvalue weighted by molar-refractivity contribution is 7.80. The number of benzene rings is 1. The summed E-state index contributed by atoms with van der Waals surface area (Å²) in [4.78, 5) is 0. The highest BCUT2D eigenvalue weighted by atomic mass is 32.1. The number of alkyl halides is 3. The summed E-state index contributed by atoms with van der Waals surface area (Å²) in [7, 11) is 0. The summed E-state index contributed by atoms with van der Waals surface area (Å²) in [6, 6.07) is 5.03. The van der Waals surface area contributed by atoms with Crippen molar-refractivity contribution in [3.05, 3.63) is 35.4 Å². The van der Waals surface area contributed by atoms with Crippen molar-refractivity contribution >= 4 is 12.6 Å². The van der Waals surface area contributed by atoms with Crippen LogP contribution in [0.3, 0.4) is 0 Å². The second kappa shape index (κ2) is 3.62. The van der Waals surface area contributed by atoms with Gasteiger partial charge in [0.05, 0.1) is 5.56 Å². The van der Waals surface area contributed by atoms with E-state index in [1.165, 1.54) is 12.1 Å². The fourth-order valence-electron chi connectivity index (χ4n) is 0.951. The van der Waals surface area contributed by atoms with E-state index in [0.29, 0.717) is 0 Å². The summed E-state index contributed by atoms with van der Waals surface area (Å²) in [6.45, 7) is 1.81. The maximum atomic E-state index is 12.1. The van der Waals surface area contributed by atoms with Crippen LogP contribution in [0.2, 0.25) is 0 Å². The van der Waals surface area contributed by atoms with Crippen molar-refractivity contribution in [3.63, 3.8) is 0 Å². The van der Waals surface area contributed by atoms with E-state index < -0.39 is 11.7 Å². The van der Waals surface area contributed by atoms with Gasteiger partial charge >= 0.3 is 6.18 Å². The average Bonchev–Trinajstić information content (AvgIpc) is 2.03. The molecule has 1 atom stereocenters. The molecule has 72 valence electrons. The monoisotopic (exact) mass is 206 g/mol. The first-order chi connectivity index (χ1) is 5.91. The van der Waals surface area contributed by atoms with Gasteiger partial charge in [-0.3, -0.25) is 0 Å². The summed E-state index contributed by atoms with van der Waals surface area (Å²) in [5.41, 5.74) is 0.168. The SMILES string of the molecule is CC(S)c1ccc(C(F)(F)F)cc1. The van der Waals surface area contributed by atoms with Crippen LogP contribution >= 0.6 is 12.6 Å². The van der Waals surface area contributed by atoms with E-state index >= 15 is 0 Å². The molecular weight excluding hydrogens is 197 g/mol. The Balaban J connectivity index is 2.94. The molecule has 1 rings (SSSR count). The van der Waals surface area contributed by atoms with Crippen molar-refractivity contribution in [2.24, 2.45) is 0 Å². The summed E-state index contributed by atoms with van der Waals surface area (Å²) in [5, 5.41) is -0.0396. The van der Waals surface area contributed by atoms with E-state index in [0.717, 1.165) is 17.7 Å². The Morgan fingerprint density at radius 1 is 1.15 bits per heavy atom. The molecule has 0 radical (unpaired) electrons. The zero-order chi connectivity index (χ0) is 10.1. The Bertz CT molecular complexity index is 274. The van der Waals surface area contributed by atoms with Crippen molar-refractivity contribution in [2.75, 3.05) is 0 Å². The molecular formula is C9H9F3S. The van der Waals surface area contributed by atoms with E-state index in [9.17, 15) is 13.2 Å². The van der Waals surface area contributed by atoms with Crippen LogP contribution in [0.5, 0.6) is 0 Å². The van der Waals surface area contributed by atoms with Crippen LogP contribution in [0.1, 0.15) is 23.3 Å². The molecule has 0 aliphatic heterocycles. The quantitative estimate of drug-likeness (QED) is 0.665. The minimum atomic E-state index is -4.25. The average molecular weight is 206 g/mol. The molecule has 0 saturated carbocycles. The van der Waals surface area contributed by atoms with Crippen LogP contribution in [0.4, 0.5) is 13.2 Å². The summed E-state index contributed by atoms with van der Waals surface area (Å²) in [6.07, 6.45) is -4.25. The first-order valence-electron chi connectivity index (χ1n) is 3.76. The lowest BCUT2D eigenvalue weighted by molar-refractivity contribution is -0.137. The van der Waals surface area contributed by atoms with E-state index in [-0.39, 0.29) is 5.25 Å². The lowest BCUT2D eigenvalue weighted by Crippen LogP contribution is -2.04. The number of hydrogen-bond acceptors (Lipinski definition) is 1. The summed E-state index contributed by atoms with van der Waals surface area (Å²) < 4.78 is 36.3. The summed E-state index contributed by atoms with van der Waals surface area (Å²) in [5.74, 6) is 0. The Labute approximate surface area is 80.2 Å². The fourth-order valence-corrected chi connectivity index (χ4v) is 1.12. The van der Waals surface area contributed by atoms with E-state index in [1.807, 2.05) is 6.92 Å². The van der Waals surface area contributed by atoms with Crippen molar-refractivity contribution in [3.8, 4) is 0 Å². The van der Waals surface area contributed by atoms with Gasteiger partial charge in [0.1, 0.15) is 0 Å². The molecule has 4 heteroatoms. The van der Waals surface area contributed by atoms with Gasteiger partial charge in [0.15, 0.2) is 0 Å². The largest absolute Gasteiger partial charge is 0.416 e. The van der Waals surface area contributed by atoms with Crippen LogP contribution in [-0.4, -0.2) is 0 Å². The van der Waals surface area contributed by atoms with Gasteiger partial charge in [-0.1, -0.05) is 12.1 Å². The van der Waals surface area contributed by atoms with E-state index in [1.54, 1.807) is 0 Å². The Hall–Kier alpha value is -0.640. The Kier molecular flexibility index (Phi) is 2.91. The summed E-state index contributed by atoms with van der Waals surface area (Å²) >= 11 is 4.11. The minimum absolute atomic E-state index is 0.0396. The number of hydrogen-bond donors (Lipinski definition) is 1. The third kappa shape index (κ3) is 2.66. The van der Waals surface area contributed by atoms with Crippen molar-refractivity contribution in [2.45, 2.75) is 18.3 Å². The van der Waals surface area contributed by atoms with Gasteiger partial charge in [-0.2, -0.15) is 25.8 Å². The first-order valence-corrected chi connectivity index (χ1v) is 4.28. The molecule has 0 spiro atoms. The predicted octanol–water partition coefficient (Wildman–Crippen LogP) is 3.70. The smallest absolute Gasteiger partial charge is 0.171 e. The van der Waals surface area contributed by atoms with Crippen LogP contribution in [-0.2, 0) is 6.18 Å². The Morgan fingerprint density at radius 2 is 1.62 bits per heavy atom. The molecule has 1 unspecified atom stereocenters. The third-order valence-electron chi connectivity index (χ3n) is 1.72. The zero-order valence-corrected chi connectivity index (χ0v) is 7.86. The number of thiol groups is 1. The van der Waals surface area contributed by atoms with E-state index in [2.05, 4.69) is 12.6 Å². The topological polar surface area (TPSA) is 0 Å². The van der Waals surface area contributed by atoms with Crippen molar-refractivity contribution < 1.29 is 13.2 Å². The molecule has 1 aromatic rings. The maximum absolute atomic E-state index is 12.1. The molecule has 0 aliphatic rings. The highest BCUT2D eigenvalue weighted by Gasteiger charge is 2.29. The number of rotatable bonds is 1. The zero-order valence-electron chi connectivity index (χ0n) is 6.97. The van der Waals surface area contributed by atoms with Gasteiger partial charge in [0.2, 0.25) is 0 Å². The second-order valence-corrected chi connectivity index (χ2v) is 3.57. The van der Waals surface area contributed by atoms with Gasteiger partial charge in [0, 0.05) is 5.25 Å². The van der Waals surface area contributed by atoms with Crippen molar-refractivity contribution in [1.29, 1.82) is 0 Å². The minimum Gasteiger partial charge on any atom is -0.171 e. The van der Waals surface area contributed by atoms with Crippen LogP contribution < -0.4 is 0 Å². The molecule has 0 fully saturated rings. The molecule has 0 heterocycles. The van der Waals surface area contributed by atoms with Gasteiger partial charge < -0.3 is 0 Å². The molecule has 0 nitrogen and oxygen atoms in total. The Morgan fingerprint density at radius 3 is 1.92 bits per heavy atom. The molecule has 1 aromatic carbocycles. The third-order valence-corrected chi connectivity index (χ3v) is 2.02. The fraction of sp³-hybridized carbons (Fsp3) is 0.333. The predicted molar refractivity (Wildman–Crippen MR) is 48.8 cm³/mol. The second-order valence-electron chi connectivity index (χ2n) is 2.80. The highest BCUT2D eigenvalue weighted by Crippen LogP contribution is 2.30. The van der Waals surface area contributed by atoms with Crippen LogP contribution in [0, 0.1) is 0 Å². The first kappa shape index (κ1) is 10.4. The molecule has 0 amide bonds. The molecule has 0 aromatic heterocycles. The standard InChI is InChI=1S/C9H9F3S/c1-6(13)7-2-4-8(5-3-7)9(10,11)12/h2-6,13H,1H3. The van der Waals surface area contributed by atoms with Gasteiger partial charge in [0.25, 0.3) is 0 Å². The van der Waals surface area contributed by atoms with Gasteiger partial charge in [-0.05, 0) is 24.6 Å². The van der Waals surface area contributed by atoms with Crippen molar-refractivity contribution in [1.82, 2.24) is 0 Å². The van der Waals surface area contributed by atoms with Gasteiger partial charge in [-0.25, -0.2) is 0 Å². The normalized spacial score (nSPS) is 14.2. The van der Waals surface area contributed by atoms with Gasteiger partial charge in [-0.15, -0.1) is 0 Å². The number of halogens is 3. The van der Waals surface area contributed by atoms with Crippen LogP contribution in [0.15, 0.2) is 24.3 Å². The molecule has 0 aliphatic carbocycles. The molecule has 13 heavy (non-hydrogen) atoms. The van der Waals surface area contributed by atoms with E-state index in [4.69, 9.17) is 0 Å². The maximum Gasteiger partial charge on any atom is 0.416 e. The lowest BCUT2D eigenvalue weighted by atomic mass is 10.1. The molecule has 0 N–H and O–H groups in total. The van der Waals surface area contributed by atoms with Crippen LogP contribution in [0.25, 0.3) is 0 Å². The lowest BCUT2D eigenvalue weighted by Gasteiger charge is -2.08. The molecule has 0 bridgehead atoms. The molecule has 0 saturated heterocycles.